The Hall–Kier alpha value is -1.55. The summed E-state index contributed by atoms with van der Waals surface area (Å²) in [5.74, 6) is 0.145. The van der Waals surface area contributed by atoms with Crippen molar-refractivity contribution >= 4 is 17.3 Å². The highest BCUT2D eigenvalue weighted by atomic mass is 16.2. The number of carbonyl (C=O) groups excluding carboxylic acids is 1. The van der Waals surface area contributed by atoms with Gasteiger partial charge in [-0.2, -0.15) is 0 Å². The molecule has 1 fully saturated rings. The molecule has 1 amide bonds. The van der Waals surface area contributed by atoms with Gasteiger partial charge in [-0.1, -0.05) is 0 Å². The lowest BCUT2D eigenvalue weighted by atomic mass is 9.73. The summed E-state index contributed by atoms with van der Waals surface area (Å²) < 4.78 is 0. The molecule has 2 aliphatic rings. The molecule has 0 unspecified atom stereocenters. The van der Waals surface area contributed by atoms with Crippen molar-refractivity contribution in [3.05, 3.63) is 23.8 Å². The second kappa shape index (κ2) is 3.47. The van der Waals surface area contributed by atoms with Crippen molar-refractivity contribution in [1.29, 1.82) is 0 Å². The van der Waals surface area contributed by atoms with Gasteiger partial charge in [0, 0.05) is 11.4 Å². The van der Waals surface area contributed by atoms with E-state index in [1.807, 2.05) is 18.2 Å². The molecule has 2 aliphatic heterocycles. The van der Waals surface area contributed by atoms with Crippen molar-refractivity contribution < 1.29 is 4.79 Å². The van der Waals surface area contributed by atoms with Gasteiger partial charge in [0.2, 0.25) is 5.91 Å². The molecule has 1 spiro atoms. The van der Waals surface area contributed by atoms with Gasteiger partial charge in [0.1, 0.15) is 0 Å². The monoisotopic (exact) mass is 231 g/mol. The number of nitrogens with two attached hydrogens (primary N) is 1. The average molecular weight is 231 g/mol. The highest BCUT2D eigenvalue weighted by Gasteiger charge is 2.47. The molecule has 1 aromatic carbocycles. The Kier molecular flexibility index (Phi) is 2.16. The third-order valence-electron chi connectivity index (χ3n) is 4.08. The number of rotatable bonds is 0. The summed E-state index contributed by atoms with van der Waals surface area (Å²) in [5, 5.41) is 2.99. The number of likely N-dealkylation sites (tertiary alicyclic amines) is 1. The molecular formula is C13H17N3O. The van der Waals surface area contributed by atoms with Gasteiger partial charge in [0.25, 0.3) is 0 Å². The van der Waals surface area contributed by atoms with Gasteiger partial charge in [-0.25, -0.2) is 0 Å². The van der Waals surface area contributed by atoms with E-state index in [9.17, 15) is 4.79 Å². The maximum absolute atomic E-state index is 12.3. The highest BCUT2D eigenvalue weighted by molar-refractivity contribution is 6.06. The molecule has 90 valence electrons. The number of nitrogen functional groups attached to an aromatic ring is 1. The van der Waals surface area contributed by atoms with Gasteiger partial charge >= 0.3 is 0 Å². The fourth-order valence-corrected chi connectivity index (χ4v) is 2.93. The Balaban J connectivity index is 2.06. The van der Waals surface area contributed by atoms with Crippen LogP contribution < -0.4 is 11.1 Å². The maximum atomic E-state index is 12.3. The average Bonchev–Trinajstić information content (AvgIpc) is 2.57. The summed E-state index contributed by atoms with van der Waals surface area (Å²) in [7, 11) is 2.10. The smallest absolute Gasteiger partial charge is 0.235 e. The number of amides is 1. The quantitative estimate of drug-likeness (QED) is 0.659. The van der Waals surface area contributed by atoms with E-state index >= 15 is 0 Å². The number of benzene rings is 1. The summed E-state index contributed by atoms with van der Waals surface area (Å²) in [5.41, 5.74) is 8.27. The molecule has 4 heteroatoms. The Labute approximate surface area is 101 Å². The minimum atomic E-state index is -0.336. The van der Waals surface area contributed by atoms with Crippen LogP contribution in [0.4, 0.5) is 11.4 Å². The Morgan fingerprint density at radius 2 is 2.06 bits per heavy atom. The summed E-state index contributed by atoms with van der Waals surface area (Å²) in [6.07, 6.45) is 1.76. The topological polar surface area (TPSA) is 58.4 Å². The van der Waals surface area contributed by atoms with Crippen LogP contribution in [0.3, 0.4) is 0 Å². The minimum Gasteiger partial charge on any atom is -0.399 e. The summed E-state index contributed by atoms with van der Waals surface area (Å²) in [6, 6.07) is 5.71. The molecule has 3 rings (SSSR count). The molecular weight excluding hydrogens is 214 g/mol. The zero-order valence-corrected chi connectivity index (χ0v) is 9.99. The van der Waals surface area contributed by atoms with Gasteiger partial charge in [0.15, 0.2) is 0 Å². The molecule has 0 aromatic heterocycles. The zero-order chi connectivity index (χ0) is 12.0. The first-order valence-electron chi connectivity index (χ1n) is 6.02. The Morgan fingerprint density at radius 1 is 1.35 bits per heavy atom. The lowest BCUT2D eigenvalue weighted by Crippen LogP contribution is -2.45. The fraction of sp³-hybridized carbons (Fsp3) is 0.462. The Morgan fingerprint density at radius 3 is 2.76 bits per heavy atom. The van der Waals surface area contributed by atoms with E-state index < -0.39 is 0 Å². The van der Waals surface area contributed by atoms with Gasteiger partial charge < -0.3 is 16.0 Å². The van der Waals surface area contributed by atoms with Crippen LogP contribution in [-0.4, -0.2) is 30.9 Å². The van der Waals surface area contributed by atoms with Gasteiger partial charge in [-0.15, -0.1) is 0 Å². The lowest BCUT2D eigenvalue weighted by molar-refractivity contribution is -0.122. The van der Waals surface area contributed by atoms with Crippen molar-refractivity contribution in [1.82, 2.24) is 4.90 Å². The van der Waals surface area contributed by atoms with Crippen LogP contribution >= 0.6 is 0 Å². The standard InChI is InChI=1S/C13H17N3O/c1-16-6-4-13(5-7-16)10-8-9(14)2-3-11(10)15-12(13)17/h2-3,8H,4-7,14H2,1H3,(H,15,17). The molecule has 2 heterocycles. The van der Waals surface area contributed by atoms with Crippen LogP contribution in [-0.2, 0) is 10.2 Å². The van der Waals surface area contributed by atoms with Crippen LogP contribution in [0, 0.1) is 0 Å². The number of hydrogen-bond acceptors (Lipinski definition) is 3. The largest absolute Gasteiger partial charge is 0.399 e. The van der Waals surface area contributed by atoms with E-state index in [1.54, 1.807) is 0 Å². The van der Waals surface area contributed by atoms with Gasteiger partial charge in [-0.05, 0) is 56.7 Å². The van der Waals surface area contributed by atoms with Crippen molar-refractivity contribution in [2.45, 2.75) is 18.3 Å². The molecule has 0 saturated carbocycles. The number of nitrogens with one attached hydrogen (secondary N) is 1. The molecule has 0 radical (unpaired) electrons. The van der Waals surface area contributed by atoms with Crippen LogP contribution in [0.5, 0.6) is 0 Å². The van der Waals surface area contributed by atoms with Crippen molar-refractivity contribution in [2.75, 3.05) is 31.2 Å². The molecule has 1 saturated heterocycles. The number of fused-ring (bicyclic) bond motifs is 2. The second-order valence-electron chi connectivity index (χ2n) is 5.14. The van der Waals surface area contributed by atoms with Crippen LogP contribution in [0.1, 0.15) is 18.4 Å². The van der Waals surface area contributed by atoms with E-state index in [0.29, 0.717) is 0 Å². The van der Waals surface area contributed by atoms with Gasteiger partial charge in [-0.3, -0.25) is 4.79 Å². The first-order chi connectivity index (χ1) is 8.12. The summed E-state index contributed by atoms with van der Waals surface area (Å²) >= 11 is 0. The zero-order valence-electron chi connectivity index (χ0n) is 9.99. The second-order valence-corrected chi connectivity index (χ2v) is 5.14. The minimum absolute atomic E-state index is 0.145. The van der Waals surface area contributed by atoms with Crippen molar-refractivity contribution in [2.24, 2.45) is 0 Å². The van der Waals surface area contributed by atoms with E-state index in [-0.39, 0.29) is 11.3 Å². The molecule has 0 bridgehead atoms. The van der Waals surface area contributed by atoms with Crippen molar-refractivity contribution in [3.63, 3.8) is 0 Å². The van der Waals surface area contributed by atoms with E-state index in [2.05, 4.69) is 17.3 Å². The van der Waals surface area contributed by atoms with E-state index in [0.717, 1.165) is 42.9 Å². The Bertz CT molecular complexity index is 476. The lowest BCUT2D eigenvalue weighted by Gasteiger charge is -2.36. The normalized spacial score (nSPS) is 22.5. The number of hydrogen-bond donors (Lipinski definition) is 2. The molecule has 4 nitrogen and oxygen atoms in total. The third kappa shape index (κ3) is 1.44. The van der Waals surface area contributed by atoms with E-state index in [4.69, 9.17) is 5.73 Å². The first kappa shape index (κ1) is 10.6. The SMILES string of the molecule is CN1CCC2(CC1)C(=O)Nc1ccc(N)cc12. The van der Waals surface area contributed by atoms with E-state index in [1.165, 1.54) is 0 Å². The number of anilines is 2. The van der Waals surface area contributed by atoms with Gasteiger partial charge in [0.05, 0.1) is 5.41 Å². The maximum Gasteiger partial charge on any atom is 0.235 e. The number of nitrogens with zero attached hydrogens (tertiary/aromatic N) is 1. The number of piperidine rings is 1. The van der Waals surface area contributed by atoms with Crippen LogP contribution in [0.15, 0.2) is 18.2 Å². The predicted molar refractivity (Wildman–Crippen MR) is 67.9 cm³/mol. The molecule has 1 aromatic rings. The first-order valence-corrected chi connectivity index (χ1v) is 6.02. The molecule has 3 N–H and O–H groups in total. The third-order valence-corrected chi connectivity index (χ3v) is 4.08. The van der Waals surface area contributed by atoms with Crippen LogP contribution in [0.25, 0.3) is 0 Å². The molecule has 0 aliphatic carbocycles. The molecule has 0 atom stereocenters. The number of carbonyl (C=O) groups is 1. The van der Waals surface area contributed by atoms with Crippen molar-refractivity contribution in [3.8, 4) is 0 Å². The molecule has 17 heavy (non-hydrogen) atoms. The fourth-order valence-electron chi connectivity index (χ4n) is 2.93. The van der Waals surface area contributed by atoms with Crippen LogP contribution in [0.2, 0.25) is 0 Å². The summed E-state index contributed by atoms with van der Waals surface area (Å²) in [6.45, 7) is 1.92. The summed E-state index contributed by atoms with van der Waals surface area (Å²) in [4.78, 5) is 14.5. The predicted octanol–water partition coefficient (Wildman–Crippen LogP) is 1.18. The highest BCUT2D eigenvalue weighted by Crippen LogP contribution is 2.45.